The Hall–Kier alpha value is -0.0400. The van der Waals surface area contributed by atoms with E-state index in [1.165, 1.54) is 12.8 Å². The minimum atomic E-state index is 0.898. The maximum atomic E-state index is 2.44. The summed E-state index contributed by atoms with van der Waals surface area (Å²) in [4.78, 5) is 0. The molecule has 0 saturated carbocycles. The molecule has 1 rings (SSSR count). The van der Waals surface area contributed by atoms with Crippen molar-refractivity contribution >= 4 is 0 Å². The van der Waals surface area contributed by atoms with Crippen LogP contribution in [0.5, 0.6) is 0 Å². The van der Waals surface area contributed by atoms with Gasteiger partial charge in [-0.15, -0.1) is 0 Å². The monoisotopic (exact) mass is 100 g/mol. The topological polar surface area (TPSA) is 16.6 Å². The summed E-state index contributed by atoms with van der Waals surface area (Å²) in [6.45, 7) is 4.59. The number of nitrogens with two attached hydrogens (primary N) is 1. The Morgan fingerprint density at radius 2 is 1.57 bits per heavy atom. The molecule has 0 aromatic carbocycles. The van der Waals surface area contributed by atoms with Gasteiger partial charge in [0.2, 0.25) is 0 Å². The molecule has 2 atom stereocenters. The first-order chi connectivity index (χ1) is 3.29. The summed E-state index contributed by atoms with van der Waals surface area (Å²) in [5, 5.41) is 2.44. The first kappa shape index (κ1) is 5.10. The lowest BCUT2D eigenvalue weighted by Crippen LogP contribution is -2.90. The molecule has 1 aliphatic heterocycles. The molecule has 0 spiro atoms. The number of hydrogen-bond acceptors (Lipinski definition) is 0. The van der Waals surface area contributed by atoms with Crippen molar-refractivity contribution in [3.05, 3.63) is 0 Å². The Bertz CT molecular complexity index is 53.2. The van der Waals surface area contributed by atoms with E-state index in [1.807, 2.05) is 0 Å². The molecule has 0 aromatic heterocycles. The number of quaternary nitrogens is 1. The molecule has 7 heavy (non-hydrogen) atoms. The van der Waals surface area contributed by atoms with Gasteiger partial charge in [0.15, 0.2) is 0 Å². The van der Waals surface area contributed by atoms with E-state index in [-0.39, 0.29) is 0 Å². The van der Waals surface area contributed by atoms with Gasteiger partial charge in [0.05, 0.1) is 12.1 Å². The predicted molar refractivity (Wildman–Crippen MR) is 30.1 cm³/mol. The van der Waals surface area contributed by atoms with E-state index in [4.69, 9.17) is 0 Å². The lowest BCUT2D eigenvalue weighted by atomic mass is 10.2. The summed E-state index contributed by atoms with van der Waals surface area (Å²) in [5.74, 6) is 0. The fraction of sp³-hybridized carbons (Fsp3) is 1.00. The lowest BCUT2D eigenvalue weighted by Gasteiger charge is -1.98. The molecule has 1 fully saturated rings. The van der Waals surface area contributed by atoms with Crippen molar-refractivity contribution in [2.45, 2.75) is 38.8 Å². The normalized spacial score (nSPS) is 42.0. The van der Waals surface area contributed by atoms with Crippen molar-refractivity contribution < 1.29 is 5.32 Å². The van der Waals surface area contributed by atoms with Crippen molar-refractivity contribution in [3.63, 3.8) is 0 Å². The van der Waals surface area contributed by atoms with E-state index in [1.54, 1.807) is 0 Å². The molecular formula is C6H14N+. The molecule has 1 heterocycles. The van der Waals surface area contributed by atoms with Crippen LogP contribution in [0.15, 0.2) is 0 Å². The first-order valence-electron chi connectivity index (χ1n) is 3.14. The van der Waals surface area contributed by atoms with Crippen LogP contribution in [-0.2, 0) is 0 Å². The third kappa shape index (κ3) is 1.16. The Morgan fingerprint density at radius 3 is 1.71 bits per heavy atom. The second kappa shape index (κ2) is 1.83. The Morgan fingerprint density at radius 1 is 1.14 bits per heavy atom. The average Bonchev–Trinajstić information content (AvgIpc) is 1.87. The second-order valence-electron chi connectivity index (χ2n) is 2.72. The largest absolute Gasteiger partial charge is 0.342 e. The van der Waals surface area contributed by atoms with E-state index in [0.717, 1.165) is 12.1 Å². The van der Waals surface area contributed by atoms with Crippen LogP contribution in [0.2, 0.25) is 0 Å². The van der Waals surface area contributed by atoms with Crippen LogP contribution in [0.3, 0.4) is 0 Å². The quantitative estimate of drug-likeness (QED) is 0.445. The zero-order valence-corrected chi connectivity index (χ0v) is 5.15. The van der Waals surface area contributed by atoms with Crippen molar-refractivity contribution in [2.24, 2.45) is 0 Å². The molecule has 0 aliphatic carbocycles. The van der Waals surface area contributed by atoms with Gasteiger partial charge >= 0.3 is 0 Å². The first-order valence-corrected chi connectivity index (χ1v) is 3.14. The Labute approximate surface area is 45.1 Å². The van der Waals surface area contributed by atoms with Gasteiger partial charge in [0, 0.05) is 12.8 Å². The highest BCUT2D eigenvalue weighted by Crippen LogP contribution is 2.01. The summed E-state index contributed by atoms with van der Waals surface area (Å²) in [6.07, 6.45) is 2.84. The highest BCUT2D eigenvalue weighted by atomic mass is 15.0. The second-order valence-corrected chi connectivity index (χ2v) is 2.72. The lowest BCUT2D eigenvalue weighted by molar-refractivity contribution is -0.695. The van der Waals surface area contributed by atoms with Gasteiger partial charge in [0.25, 0.3) is 0 Å². The summed E-state index contributed by atoms with van der Waals surface area (Å²) < 4.78 is 0. The maximum Gasteiger partial charge on any atom is 0.0834 e. The summed E-state index contributed by atoms with van der Waals surface area (Å²) >= 11 is 0. The highest BCUT2D eigenvalue weighted by molar-refractivity contribution is 4.58. The fourth-order valence-electron chi connectivity index (χ4n) is 1.28. The molecule has 0 bridgehead atoms. The minimum absolute atomic E-state index is 0.898. The van der Waals surface area contributed by atoms with Crippen LogP contribution < -0.4 is 5.32 Å². The highest BCUT2D eigenvalue weighted by Gasteiger charge is 2.18. The van der Waals surface area contributed by atoms with Crippen LogP contribution >= 0.6 is 0 Å². The Kier molecular flexibility index (Phi) is 1.33. The standard InChI is InChI=1S/C6H13N/c1-5-3-4-6(2)7-5/h5-7H,3-4H2,1-2H3/p+1/t5-,6-/m1/s1. The molecule has 1 nitrogen and oxygen atoms in total. The molecule has 0 unspecified atom stereocenters. The van der Waals surface area contributed by atoms with Gasteiger partial charge in [0.1, 0.15) is 0 Å². The van der Waals surface area contributed by atoms with Gasteiger partial charge in [-0.2, -0.15) is 0 Å². The van der Waals surface area contributed by atoms with Crippen molar-refractivity contribution in [3.8, 4) is 0 Å². The third-order valence-electron chi connectivity index (χ3n) is 1.73. The van der Waals surface area contributed by atoms with E-state index < -0.39 is 0 Å². The van der Waals surface area contributed by atoms with Gasteiger partial charge in [-0.1, -0.05) is 0 Å². The average molecular weight is 100 g/mol. The van der Waals surface area contributed by atoms with Crippen molar-refractivity contribution in [1.82, 2.24) is 0 Å². The van der Waals surface area contributed by atoms with Crippen LogP contribution in [0.4, 0.5) is 0 Å². The van der Waals surface area contributed by atoms with Crippen LogP contribution in [0, 0.1) is 0 Å². The van der Waals surface area contributed by atoms with Gasteiger partial charge in [-0.05, 0) is 13.8 Å². The van der Waals surface area contributed by atoms with E-state index in [0.29, 0.717) is 0 Å². The van der Waals surface area contributed by atoms with E-state index in [9.17, 15) is 0 Å². The SMILES string of the molecule is C[C@@H]1CC[C@@H](C)[NH2+]1. The van der Waals surface area contributed by atoms with Crippen LogP contribution in [-0.4, -0.2) is 12.1 Å². The van der Waals surface area contributed by atoms with E-state index >= 15 is 0 Å². The Balaban J connectivity index is 2.26. The van der Waals surface area contributed by atoms with Crippen LogP contribution in [0.1, 0.15) is 26.7 Å². The summed E-state index contributed by atoms with van der Waals surface area (Å²) in [5.41, 5.74) is 0. The van der Waals surface area contributed by atoms with Crippen molar-refractivity contribution in [1.29, 1.82) is 0 Å². The van der Waals surface area contributed by atoms with Gasteiger partial charge in [-0.25, -0.2) is 0 Å². The zero-order valence-electron chi connectivity index (χ0n) is 5.15. The molecule has 1 saturated heterocycles. The third-order valence-corrected chi connectivity index (χ3v) is 1.73. The molecule has 1 aliphatic rings. The van der Waals surface area contributed by atoms with Crippen molar-refractivity contribution in [2.75, 3.05) is 0 Å². The smallest absolute Gasteiger partial charge is 0.0834 e. The molecule has 1 heteroatoms. The maximum absolute atomic E-state index is 2.44. The van der Waals surface area contributed by atoms with Gasteiger partial charge < -0.3 is 5.32 Å². The van der Waals surface area contributed by atoms with Gasteiger partial charge in [-0.3, -0.25) is 0 Å². The molecule has 42 valence electrons. The van der Waals surface area contributed by atoms with E-state index in [2.05, 4.69) is 19.2 Å². The molecule has 0 radical (unpaired) electrons. The summed E-state index contributed by atoms with van der Waals surface area (Å²) in [6, 6.07) is 1.80. The molecule has 2 N–H and O–H groups in total. The zero-order chi connectivity index (χ0) is 5.28. The minimum Gasteiger partial charge on any atom is -0.342 e. The molecule has 0 amide bonds. The fourth-order valence-corrected chi connectivity index (χ4v) is 1.28. The summed E-state index contributed by atoms with van der Waals surface area (Å²) in [7, 11) is 0. The number of hydrogen-bond donors (Lipinski definition) is 1. The molecule has 0 aromatic rings. The van der Waals surface area contributed by atoms with Crippen LogP contribution in [0.25, 0.3) is 0 Å². The predicted octanol–water partition coefficient (Wildman–Crippen LogP) is 0.121. The number of rotatable bonds is 0. The molecular weight excluding hydrogens is 86.1 g/mol.